The number of aromatic nitrogens is 3. The summed E-state index contributed by atoms with van der Waals surface area (Å²) in [6, 6.07) is 11.6. The van der Waals surface area contributed by atoms with Gasteiger partial charge in [-0.15, -0.1) is 9.90 Å². The zero-order valence-electron chi connectivity index (χ0n) is 18.7. The van der Waals surface area contributed by atoms with E-state index in [4.69, 9.17) is 0 Å². The van der Waals surface area contributed by atoms with Crippen LogP contribution in [0.2, 0.25) is 0 Å². The molecule has 33 heavy (non-hydrogen) atoms. The van der Waals surface area contributed by atoms with E-state index in [1.807, 2.05) is 56.4 Å². The second-order valence-corrected chi connectivity index (χ2v) is 8.58. The number of amides is 1. The second kappa shape index (κ2) is 8.54. The summed E-state index contributed by atoms with van der Waals surface area (Å²) in [6.45, 7) is 2.53. The summed E-state index contributed by atoms with van der Waals surface area (Å²) < 4.78 is 0. The first kappa shape index (κ1) is 20.9. The molecule has 5 rings (SSSR count). The smallest absolute Gasteiger partial charge is 0.250 e. The lowest BCUT2D eigenvalue weighted by Crippen LogP contribution is -2.26. The van der Waals surface area contributed by atoms with E-state index >= 15 is 0 Å². The van der Waals surface area contributed by atoms with Crippen molar-refractivity contribution in [3.05, 3.63) is 70.6 Å². The Morgan fingerprint density at radius 1 is 1.21 bits per heavy atom. The molecule has 3 aromatic rings. The standard InChI is InChI=1S/C25H26N6O2/c1-16-11-18(24(32)23(12-16)31-28-20-5-3-4-6-21(20)29-31)14-30(2)19-9-7-17(8-10-19)13-22-25(33)27-15-26-22/h3,5,7-12,15,22,32H,4,6,13-14H2,1-2H3,(H,26,27,33). The van der Waals surface area contributed by atoms with Gasteiger partial charge in [-0.1, -0.05) is 24.3 Å². The molecule has 8 nitrogen and oxygen atoms in total. The van der Waals surface area contributed by atoms with Crippen LogP contribution >= 0.6 is 0 Å². The summed E-state index contributed by atoms with van der Waals surface area (Å²) in [5, 5.41) is 22.8. The third kappa shape index (κ3) is 4.24. The Hall–Kier alpha value is -3.94. The molecule has 1 aliphatic carbocycles. The van der Waals surface area contributed by atoms with E-state index in [0.717, 1.165) is 46.6 Å². The van der Waals surface area contributed by atoms with Gasteiger partial charge in [0.2, 0.25) is 5.91 Å². The molecule has 0 spiro atoms. The van der Waals surface area contributed by atoms with Gasteiger partial charge in [-0.05, 0) is 55.2 Å². The minimum Gasteiger partial charge on any atom is -0.505 e. The molecule has 0 radical (unpaired) electrons. The predicted molar refractivity (Wildman–Crippen MR) is 128 cm³/mol. The molecule has 8 heteroatoms. The number of phenolic OH excluding ortho intramolecular Hbond substituents is 1. The number of aliphatic imine (C=N–C) groups is 1. The number of benzene rings is 2. The summed E-state index contributed by atoms with van der Waals surface area (Å²) in [5.41, 5.74) is 6.31. The second-order valence-electron chi connectivity index (χ2n) is 8.58. The molecule has 0 fully saturated rings. The quantitative estimate of drug-likeness (QED) is 0.612. The van der Waals surface area contributed by atoms with Gasteiger partial charge in [0.15, 0.2) is 0 Å². The fourth-order valence-electron chi connectivity index (χ4n) is 4.24. The van der Waals surface area contributed by atoms with E-state index in [2.05, 4.69) is 31.5 Å². The maximum atomic E-state index is 11.7. The summed E-state index contributed by atoms with van der Waals surface area (Å²) in [6.07, 6.45) is 7.94. The number of phenols is 1. The van der Waals surface area contributed by atoms with E-state index in [1.54, 1.807) is 4.80 Å². The van der Waals surface area contributed by atoms with Crippen molar-refractivity contribution in [2.45, 2.75) is 38.8 Å². The van der Waals surface area contributed by atoms with Crippen molar-refractivity contribution < 1.29 is 9.90 Å². The molecule has 2 N–H and O–H groups in total. The monoisotopic (exact) mass is 442 g/mol. The molecule has 1 aromatic heterocycles. The number of hydrogen-bond acceptors (Lipinski definition) is 6. The summed E-state index contributed by atoms with van der Waals surface area (Å²) in [5.74, 6) is 0.121. The number of hydrogen-bond donors (Lipinski definition) is 2. The normalized spacial score (nSPS) is 16.7. The first-order valence-electron chi connectivity index (χ1n) is 11.1. The summed E-state index contributed by atoms with van der Waals surface area (Å²) >= 11 is 0. The molecule has 168 valence electrons. The number of nitrogens with zero attached hydrogens (tertiary/aromatic N) is 5. The maximum absolute atomic E-state index is 11.7. The van der Waals surface area contributed by atoms with Crippen LogP contribution in [0.4, 0.5) is 5.69 Å². The molecule has 2 heterocycles. The lowest BCUT2D eigenvalue weighted by Gasteiger charge is -2.21. The number of rotatable bonds is 6. The number of carbonyl (C=O) groups excluding carboxylic acids is 1. The fraction of sp³-hybridized carbons (Fsp3) is 0.280. The van der Waals surface area contributed by atoms with Gasteiger partial charge in [0.1, 0.15) is 23.2 Å². The van der Waals surface area contributed by atoms with Crippen molar-refractivity contribution >= 4 is 24.0 Å². The van der Waals surface area contributed by atoms with Crippen molar-refractivity contribution in [2.24, 2.45) is 4.99 Å². The van der Waals surface area contributed by atoms with E-state index in [9.17, 15) is 9.90 Å². The molecule has 0 saturated heterocycles. The lowest BCUT2D eigenvalue weighted by molar-refractivity contribution is -0.120. The third-order valence-corrected chi connectivity index (χ3v) is 6.04. The summed E-state index contributed by atoms with van der Waals surface area (Å²) in [7, 11) is 1.99. The van der Waals surface area contributed by atoms with Crippen LogP contribution in [-0.4, -0.2) is 45.4 Å². The third-order valence-electron chi connectivity index (χ3n) is 6.04. The number of nitrogens with one attached hydrogen (secondary N) is 1. The van der Waals surface area contributed by atoms with Gasteiger partial charge < -0.3 is 15.3 Å². The number of anilines is 1. The van der Waals surface area contributed by atoms with Crippen LogP contribution in [0.3, 0.4) is 0 Å². The lowest BCUT2D eigenvalue weighted by atomic mass is 10.1. The molecule has 0 bridgehead atoms. The van der Waals surface area contributed by atoms with Crippen LogP contribution in [0.5, 0.6) is 5.75 Å². The largest absolute Gasteiger partial charge is 0.505 e. The Bertz CT molecular complexity index is 1260. The Kier molecular flexibility index (Phi) is 5.42. The van der Waals surface area contributed by atoms with Crippen molar-refractivity contribution in [3.63, 3.8) is 0 Å². The van der Waals surface area contributed by atoms with E-state index in [-0.39, 0.29) is 17.7 Å². The predicted octanol–water partition coefficient (Wildman–Crippen LogP) is 2.95. The Morgan fingerprint density at radius 3 is 2.76 bits per heavy atom. The van der Waals surface area contributed by atoms with E-state index in [0.29, 0.717) is 18.7 Å². The van der Waals surface area contributed by atoms with Crippen LogP contribution in [-0.2, 0) is 24.2 Å². The average molecular weight is 443 g/mol. The van der Waals surface area contributed by atoms with Gasteiger partial charge in [0, 0.05) is 31.3 Å². The minimum absolute atomic E-state index is 0.0644. The van der Waals surface area contributed by atoms with Crippen LogP contribution in [0.25, 0.3) is 11.8 Å². The fourth-order valence-corrected chi connectivity index (χ4v) is 4.24. The number of aromatic hydroxyl groups is 1. The highest BCUT2D eigenvalue weighted by atomic mass is 16.3. The number of carbonyl (C=O) groups is 1. The molecule has 1 unspecified atom stereocenters. The first-order valence-corrected chi connectivity index (χ1v) is 11.1. The molecule has 0 saturated carbocycles. The highest BCUT2D eigenvalue weighted by molar-refractivity contribution is 5.96. The SMILES string of the molecule is Cc1cc(CN(C)c2ccc(CC3N=CNC3=O)cc2)c(O)c(-n2nc3c(n2)CCC=C3)c1. The number of aryl methyl sites for hydroxylation is 2. The number of allylic oxidation sites excluding steroid dienone is 1. The van der Waals surface area contributed by atoms with Crippen LogP contribution in [0, 0.1) is 6.92 Å². The van der Waals surface area contributed by atoms with Crippen LogP contribution in [0.1, 0.15) is 34.5 Å². The maximum Gasteiger partial charge on any atom is 0.250 e. The van der Waals surface area contributed by atoms with E-state index in [1.165, 1.54) is 6.34 Å². The minimum atomic E-state index is -0.353. The highest BCUT2D eigenvalue weighted by Crippen LogP contribution is 2.30. The van der Waals surface area contributed by atoms with Crippen molar-refractivity contribution in [1.82, 2.24) is 20.3 Å². The highest BCUT2D eigenvalue weighted by Gasteiger charge is 2.21. The average Bonchev–Trinajstić information content (AvgIpc) is 3.42. The molecule has 2 aliphatic rings. The Morgan fingerprint density at radius 2 is 2.03 bits per heavy atom. The molecular weight excluding hydrogens is 416 g/mol. The molecule has 1 amide bonds. The first-order chi connectivity index (χ1) is 16.0. The van der Waals surface area contributed by atoms with Crippen molar-refractivity contribution in [1.29, 1.82) is 0 Å². The van der Waals surface area contributed by atoms with Crippen molar-refractivity contribution in [3.8, 4) is 11.4 Å². The van der Waals surface area contributed by atoms with Gasteiger partial charge >= 0.3 is 0 Å². The van der Waals surface area contributed by atoms with Crippen LogP contribution < -0.4 is 10.2 Å². The summed E-state index contributed by atoms with van der Waals surface area (Å²) in [4.78, 5) is 19.5. The van der Waals surface area contributed by atoms with Gasteiger partial charge in [0.25, 0.3) is 0 Å². The molecular formula is C25H26N6O2. The molecule has 1 aliphatic heterocycles. The Labute approximate surface area is 192 Å². The van der Waals surface area contributed by atoms with Crippen LogP contribution in [0.15, 0.2) is 47.5 Å². The van der Waals surface area contributed by atoms with Crippen molar-refractivity contribution in [2.75, 3.05) is 11.9 Å². The van der Waals surface area contributed by atoms with Gasteiger partial charge in [-0.25, -0.2) is 0 Å². The topological polar surface area (TPSA) is 95.6 Å². The number of fused-ring (bicyclic) bond motifs is 1. The molecule has 1 atom stereocenters. The zero-order chi connectivity index (χ0) is 22.9. The van der Waals surface area contributed by atoms with Gasteiger partial charge in [-0.3, -0.25) is 9.79 Å². The van der Waals surface area contributed by atoms with Gasteiger partial charge in [0.05, 0.1) is 12.0 Å². The van der Waals surface area contributed by atoms with E-state index < -0.39 is 0 Å². The van der Waals surface area contributed by atoms with Gasteiger partial charge in [-0.2, -0.15) is 5.10 Å². The Balaban J connectivity index is 1.34. The molecule has 2 aromatic carbocycles. The zero-order valence-corrected chi connectivity index (χ0v) is 18.7.